The van der Waals surface area contributed by atoms with Gasteiger partial charge in [-0.25, -0.2) is 4.79 Å². The van der Waals surface area contributed by atoms with Gasteiger partial charge < -0.3 is 13.8 Å². The summed E-state index contributed by atoms with van der Waals surface area (Å²) >= 11 is 13.8. The van der Waals surface area contributed by atoms with Gasteiger partial charge in [-0.1, -0.05) is 54.4 Å². The molecule has 2 aromatic carbocycles. The number of hydrogen-bond donors (Lipinski definition) is 1. The Balaban J connectivity index is 1.86. The quantitative estimate of drug-likeness (QED) is 0.370. The molecular formula is C23H23Cl2NO4S. The van der Waals surface area contributed by atoms with E-state index in [1.54, 1.807) is 35.1 Å². The SMILES string of the molecule is CCc1cccc(OC(C)c2c(Cl)cc(Cl)son2CCc2ccc(C(=O)O)cc2)c1. The number of aryl methyl sites for hydroxylation is 3. The first-order valence-electron chi connectivity index (χ1n) is 9.84. The average Bonchev–Trinajstić information content (AvgIpc) is 2.89. The van der Waals surface area contributed by atoms with E-state index in [4.69, 9.17) is 37.0 Å². The summed E-state index contributed by atoms with van der Waals surface area (Å²) in [5, 5.41) is 9.50. The van der Waals surface area contributed by atoms with Crippen LogP contribution in [0.1, 0.15) is 47.1 Å². The Labute approximate surface area is 195 Å². The highest BCUT2D eigenvalue weighted by Crippen LogP contribution is 2.30. The number of carbonyl (C=O) groups is 1. The maximum atomic E-state index is 11.0. The van der Waals surface area contributed by atoms with Gasteiger partial charge in [0.1, 0.15) is 21.9 Å². The lowest BCUT2D eigenvalue weighted by atomic mass is 10.1. The van der Waals surface area contributed by atoms with E-state index in [9.17, 15) is 4.79 Å². The molecule has 0 bridgehead atoms. The van der Waals surface area contributed by atoms with Gasteiger partial charge in [0.05, 0.1) is 28.8 Å². The van der Waals surface area contributed by atoms with Crippen molar-refractivity contribution in [3.63, 3.8) is 0 Å². The molecule has 1 aromatic heterocycles. The van der Waals surface area contributed by atoms with E-state index in [1.807, 2.05) is 25.1 Å². The summed E-state index contributed by atoms with van der Waals surface area (Å²) in [5.74, 6) is -0.199. The molecule has 1 N–H and O–H groups in total. The van der Waals surface area contributed by atoms with Gasteiger partial charge in [0.2, 0.25) is 0 Å². The van der Waals surface area contributed by atoms with Crippen LogP contribution in [0, 0.1) is 0 Å². The monoisotopic (exact) mass is 479 g/mol. The van der Waals surface area contributed by atoms with Crippen LogP contribution >= 0.6 is 34.8 Å². The molecule has 1 atom stereocenters. The van der Waals surface area contributed by atoms with Crippen LogP contribution in [-0.4, -0.2) is 15.8 Å². The number of hydrogen-bond acceptors (Lipinski definition) is 4. The number of carboxylic acid groups (broad SMARTS) is 1. The van der Waals surface area contributed by atoms with Gasteiger partial charge in [-0.2, -0.15) is 4.74 Å². The molecule has 0 amide bonds. The smallest absolute Gasteiger partial charge is 0.335 e. The standard InChI is InChI=1S/C23H23Cl2NO4S/c1-3-16-5-4-6-19(13-16)29-15(2)22-20(24)14-21(25)31-30-26(22)12-11-17-7-9-18(10-8-17)23(27)28/h4-10,13-15H,3,11-12H2,1-2H3,(H,27,28). The zero-order valence-corrected chi connectivity index (χ0v) is 19.5. The third kappa shape index (κ3) is 6.29. The van der Waals surface area contributed by atoms with Crippen molar-refractivity contribution in [1.29, 1.82) is 0 Å². The molecule has 8 heteroatoms. The van der Waals surface area contributed by atoms with Gasteiger partial charge in [0.25, 0.3) is 0 Å². The Morgan fingerprint density at radius 1 is 1.16 bits per heavy atom. The van der Waals surface area contributed by atoms with Gasteiger partial charge in [-0.15, -0.1) is 0 Å². The van der Waals surface area contributed by atoms with Crippen LogP contribution in [0.15, 0.2) is 58.6 Å². The first kappa shape index (κ1) is 23.3. The van der Waals surface area contributed by atoms with Crippen molar-refractivity contribution >= 4 is 40.8 Å². The largest absolute Gasteiger partial charge is 0.484 e. The molecule has 0 saturated carbocycles. The second kappa shape index (κ2) is 10.8. The fraction of sp³-hybridized carbons (Fsp3) is 0.261. The van der Waals surface area contributed by atoms with E-state index in [1.165, 1.54) is 5.56 Å². The van der Waals surface area contributed by atoms with E-state index in [0.29, 0.717) is 28.0 Å². The van der Waals surface area contributed by atoms with Gasteiger partial charge in [-0.05, 0) is 61.2 Å². The summed E-state index contributed by atoms with van der Waals surface area (Å²) in [6.07, 6.45) is 1.14. The maximum Gasteiger partial charge on any atom is 0.335 e. The molecule has 0 aliphatic heterocycles. The molecule has 3 aromatic rings. The predicted octanol–water partition coefficient (Wildman–Crippen LogP) is 7.22. The Bertz CT molecular complexity index is 1080. The van der Waals surface area contributed by atoms with Crippen LogP contribution in [0.2, 0.25) is 9.36 Å². The minimum absolute atomic E-state index is 0.251. The van der Waals surface area contributed by atoms with Crippen LogP contribution in [-0.2, 0) is 19.4 Å². The molecule has 0 aliphatic rings. The number of aromatic nitrogens is 1. The summed E-state index contributed by atoms with van der Waals surface area (Å²) < 4.78 is 14.1. The van der Waals surface area contributed by atoms with Crippen LogP contribution in [0.25, 0.3) is 0 Å². The van der Waals surface area contributed by atoms with Gasteiger partial charge in [0.15, 0.2) is 0 Å². The number of carboxylic acids is 1. The Hall–Kier alpha value is -2.41. The number of benzene rings is 2. The highest BCUT2D eigenvalue weighted by Gasteiger charge is 2.18. The first-order chi connectivity index (χ1) is 14.9. The van der Waals surface area contributed by atoms with Gasteiger partial charge >= 0.3 is 5.97 Å². The van der Waals surface area contributed by atoms with E-state index in [-0.39, 0.29) is 5.56 Å². The lowest BCUT2D eigenvalue weighted by Crippen LogP contribution is -2.13. The molecule has 164 valence electrons. The number of aromatic carboxylic acids is 1. The van der Waals surface area contributed by atoms with E-state index >= 15 is 0 Å². The molecule has 0 fully saturated rings. The molecule has 0 radical (unpaired) electrons. The molecule has 5 nitrogen and oxygen atoms in total. The first-order valence-corrected chi connectivity index (χ1v) is 11.3. The van der Waals surface area contributed by atoms with Crippen LogP contribution in [0.3, 0.4) is 0 Å². The molecule has 31 heavy (non-hydrogen) atoms. The van der Waals surface area contributed by atoms with Crippen molar-refractivity contribution < 1.29 is 18.6 Å². The lowest BCUT2D eigenvalue weighted by molar-refractivity contribution is 0.0697. The van der Waals surface area contributed by atoms with Crippen molar-refractivity contribution in [2.75, 3.05) is 0 Å². The van der Waals surface area contributed by atoms with E-state index in [2.05, 4.69) is 13.0 Å². The molecule has 0 aliphatic carbocycles. The van der Waals surface area contributed by atoms with Crippen molar-refractivity contribution in [3.05, 3.63) is 86.3 Å². The third-order valence-electron chi connectivity index (χ3n) is 4.77. The molecular weight excluding hydrogens is 457 g/mol. The number of rotatable bonds is 8. The average molecular weight is 480 g/mol. The minimum atomic E-state index is -0.949. The zero-order valence-electron chi connectivity index (χ0n) is 17.2. The fourth-order valence-corrected chi connectivity index (χ4v) is 4.29. The number of ether oxygens (including phenoxy) is 1. The number of nitrogens with zero attached hydrogens (tertiary/aromatic N) is 1. The Morgan fingerprint density at radius 3 is 2.58 bits per heavy atom. The Kier molecular flexibility index (Phi) is 8.07. The zero-order chi connectivity index (χ0) is 22.4. The summed E-state index contributed by atoms with van der Waals surface area (Å²) in [6.45, 7) is 4.48. The van der Waals surface area contributed by atoms with E-state index in [0.717, 1.165) is 29.4 Å². The molecule has 0 spiro atoms. The summed E-state index contributed by atoms with van der Waals surface area (Å²) in [4.78, 5) is 11.0. The third-order valence-corrected chi connectivity index (χ3v) is 5.90. The maximum absolute atomic E-state index is 11.0. The topological polar surface area (TPSA) is 64.6 Å². The predicted molar refractivity (Wildman–Crippen MR) is 124 cm³/mol. The second-order valence-corrected chi connectivity index (χ2v) is 8.75. The number of halogens is 2. The fourth-order valence-electron chi connectivity index (χ4n) is 3.14. The van der Waals surface area contributed by atoms with Crippen molar-refractivity contribution in [3.8, 4) is 5.75 Å². The van der Waals surface area contributed by atoms with Crippen molar-refractivity contribution in [1.82, 2.24) is 4.74 Å². The minimum Gasteiger partial charge on any atom is -0.484 e. The summed E-state index contributed by atoms with van der Waals surface area (Å²) in [5.41, 5.74) is 3.07. The van der Waals surface area contributed by atoms with Crippen molar-refractivity contribution in [2.45, 2.75) is 39.3 Å². The summed E-state index contributed by atoms with van der Waals surface area (Å²) in [6, 6.07) is 16.3. The van der Waals surface area contributed by atoms with Crippen LogP contribution < -0.4 is 4.74 Å². The Morgan fingerprint density at radius 2 is 1.90 bits per heavy atom. The van der Waals surface area contributed by atoms with Gasteiger partial charge in [0, 0.05) is 0 Å². The van der Waals surface area contributed by atoms with E-state index < -0.39 is 12.1 Å². The van der Waals surface area contributed by atoms with Crippen LogP contribution in [0.4, 0.5) is 0 Å². The molecule has 1 unspecified atom stereocenters. The highest BCUT2D eigenvalue weighted by molar-refractivity contribution is 7.07. The molecule has 3 rings (SSSR count). The van der Waals surface area contributed by atoms with Gasteiger partial charge in [-0.3, -0.25) is 0 Å². The molecule has 0 saturated heterocycles. The normalized spacial score (nSPS) is 11.7. The molecule has 1 heterocycles. The van der Waals surface area contributed by atoms with Crippen LogP contribution in [0.5, 0.6) is 5.75 Å². The highest BCUT2D eigenvalue weighted by atomic mass is 35.5. The summed E-state index contributed by atoms with van der Waals surface area (Å²) in [7, 11) is 0. The van der Waals surface area contributed by atoms with Crippen molar-refractivity contribution in [2.24, 2.45) is 0 Å². The second-order valence-electron chi connectivity index (χ2n) is 6.95. The lowest BCUT2D eigenvalue weighted by Gasteiger charge is -2.19.